The number of benzene rings is 2. The second kappa shape index (κ2) is 5.46. The van der Waals surface area contributed by atoms with Crippen molar-refractivity contribution in [3.05, 3.63) is 57.9 Å². The number of anilines is 1. The highest BCUT2D eigenvalue weighted by molar-refractivity contribution is 14.1. The Hall–Kier alpha value is -1.15. The maximum atomic E-state index is 13.3. The predicted octanol–water partition coefficient (Wildman–Crippen LogP) is 3.26. The molecule has 3 nitrogen and oxygen atoms in total. The Balaban J connectivity index is 2.50. The van der Waals surface area contributed by atoms with Crippen LogP contribution >= 0.6 is 22.6 Å². The van der Waals surface area contributed by atoms with Crippen molar-refractivity contribution >= 4 is 38.3 Å². The van der Waals surface area contributed by atoms with Gasteiger partial charge in [0.15, 0.2) is 0 Å². The largest absolute Gasteiger partial charge is 0.268 e. The Morgan fingerprint density at radius 2 is 1.74 bits per heavy atom. The molecular weight excluding hydrogens is 380 g/mol. The zero-order valence-corrected chi connectivity index (χ0v) is 13.0. The lowest BCUT2D eigenvalue weighted by atomic mass is 10.3. The normalized spacial score (nSPS) is 11.3. The van der Waals surface area contributed by atoms with Crippen LogP contribution in [0.25, 0.3) is 0 Å². The molecule has 0 fully saturated rings. The van der Waals surface area contributed by atoms with Gasteiger partial charge in [0.05, 0.1) is 10.6 Å². The summed E-state index contributed by atoms with van der Waals surface area (Å²) >= 11 is 1.98. The van der Waals surface area contributed by atoms with Crippen LogP contribution < -0.4 is 4.31 Å². The van der Waals surface area contributed by atoms with Crippen molar-refractivity contribution in [3.8, 4) is 0 Å². The lowest BCUT2D eigenvalue weighted by molar-refractivity contribution is 0.594. The third-order valence-electron chi connectivity index (χ3n) is 2.65. The molecule has 0 unspecified atom stereocenters. The topological polar surface area (TPSA) is 37.4 Å². The monoisotopic (exact) mass is 391 g/mol. The van der Waals surface area contributed by atoms with Crippen LogP contribution in [-0.4, -0.2) is 15.5 Å². The number of nitrogens with zero attached hydrogens (tertiary/aromatic N) is 1. The highest BCUT2D eigenvalue weighted by Crippen LogP contribution is 2.27. The van der Waals surface area contributed by atoms with Crippen molar-refractivity contribution in [2.45, 2.75) is 4.90 Å². The fraction of sp³-hybridized carbons (Fsp3) is 0.0769. The van der Waals surface area contributed by atoms with Crippen molar-refractivity contribution in [3.63, 3.8) is 0 Å². The van der Waals surface area contributed by atoms with E-state index in [4.69, 9.17) is 0 Å². The first-order valence-corrected chi connectivity index (χ1v) is 7.94. The third-order valence-corrected chi connectivity index (χ3v) is 5.35. The molecule has 100 valence electrons. The van der Waals surface area contributed by atoms with E-state index in [0.717, 1.165) is 4.31 Å². The van der Waals surface area contributed by atoms with Gasteiger partial charge in [0, 0.05) is 10.6 Å². The quantitative estimate of drug-likeness (QED) is 0.754. The molecule has 0 amide bonds. The second-order valence-electron chi connectivity index (χ2n) is 3.88. The highest BCUT2D eigenvalue weighted by atomic mass is 127. The SMILES string of the molecule is CN(c1cc(F)ccc1I)S(=O)(=O)c1ccccc1. The zero-order valence-electron chi connectivity index (χ0n) is 10.0. The van der Waals surface area contributed by atoms with Gasteiger partial charge < -0.3 is 0 Å². The van der Waals surface area contributed by atoms with Crippen molar-refractivity contribution in [1.29, 1.82) is 0 Å². The number of sulfonamides is 1. The highest BCUT2D eigenvalue weighted by Gasteiger charge is 2.22. The molecule has 0 spiro atoms. The van der Waals surface area contributed by atoms with Crippen LogP contribution in [0.1, 0.15) is 0 Å². The van der Waals surface area contributed by atoms with E-state index in [2.05, 4.69) is 0 Å². The first-order chi connectivity index (χ1) is 8.93. The number of rotatable bonds is 3. The van der Waals surface area contributed by atoms with Crippen molar-refractivity contribution in [2.24, 2.45) is 0 Å². The Bertz CT molecular complexity index is 689. The summed E-state index contributed by atoms with van der Waals surface area (Å²) in [5.41, 5.74) is 0.324. The van der Waals surface area contributed by atoms with Crippen LogP contribution in [0.2, 0.25) is 0 Å². The van der Waals surface area contributed by atoms with Gasteiger partial charge in [-0.2, -0.15) is 0 Å². The lowest BCUT2D eigenvalue weighted by Crippen LogP contribution is -2.27. The Kier molecular flexibility index (Phi) is 4.10. The average molecular weight is 391 g/mol. The van der Waals surface area contributed by atoms with Gasteiger partial charge in [-0.3, -0.25) is 4.31 Å². The molecule has 2 rings (SSSR count). The van der Waals surface area contributed by atoms with E-state index in [1.165, 1.54) is 31.3 Å². The lowest BCUT2D eigenvalue weighted by Gasteiger charge is -2.20. The molecule has 0 aliphatic rings. The summed E-state index contributed by atoms with van der Waals surface area (Å²) in [6, 6.07) is 12.1. The van der Waals surface area contributed by atoms with Crippen LogP contribution in [0, 0.1) is 9.39 Å². The molecular formula is C13H11FINO2S. The van der Waals surface area contributed by atoms with Crippen molar-refractivity contribution in [2.75, 3.05) is 11.4 Å². The molecule has 0 N–H and O–H groups in total. The van der Waals surface area contributed by atoms with E-state index in [0.29, 0.717) is 9.26 Å². The first kappa shape index (κ1) is 14.3. The van der Waals surface area contributed by atoms with Crippen LogP contribution in [0.3, 0.4) is 0 Å². The van der Waals surface area contributed by atoms with Gasteiger partial charge >= 0.3 is 0 Å². The summed E-state index contributed by atoms with van der Waals surface area (Å²) in [6.45, 7) is 0. The summed E-state index contributed by atoms with van der Waals surface area (Å²) in [5, 5.41) is 0. The smallest absolute Gasteiger partial charge is 0.264 e. The Morgan fingerprint density at radius 1 is 1.11 bits per heavy atom. The molecule has 0 aromatic heterocycles. The van der Waals surface area contributed by atoms with Crippen LogP contribution in [0.5, 0.6) is 0 Å². The van der Waals surface area contributed by atoms with Crippen LogP contribution in [-0.2, 0) is 10.0 Å². The van der Waals surface area contributed by atoms with Gasteiger partial charge in [-0.1, -0.05) is 18.2 Å². The summed E-state index contributed by atoms with van der Waals surface area (Å²) in [4.78, 5) is 0.178. The molecule has 0 heterocycles. The molecule has 0 saturated carbocycles. The van der Waals surface area contributed by atoms with E-state index in [1.807, 2.05) is 22.6 Å². The van der Waals surface area contributed by atoms with E-state index in [-0.39, 0.29) is 4.90 Å². The summed E-state index contributed by atoms with van der Waals surface area (Å²) < 4.78 is 39.8. The molecule has 0 atom stereocenters. The fourth-order valence-corrected chi connectivity index (χ4v) is 3.70. The summed E-state index contributed by atoms with van der Waals surface area (Å²) in [5.74, 6) is -0.467. The summed E-state index contributed by atoms with van der Waals surface area (Å²) in [7, 11) is -2.25. The van der Waals surface area contributed by atoms with Crippen LogP contribution in [0.4, 0.5) is 10.1 Å². The molecule has 6 heteroatoms. The fourth-order valence-electron chi connectivity index (χ4n) is 1.61. The van der Waals surface area contributed by atoms with Gasteiger partial charge in [0.25, 0.3) is 10.0 Å². The van der Waals surface area contributed by atoms with E-state index >= 15 is 0 Å². The molecule has 0 aliphatic heterocycles. The molecule has 19 heavy (non-hydrogen) atoms. The van der Waals surface area contributed by atoms with E-state index in [9.17, 15) is 12.8 Å². The maximum Gasteiger partial charge on any atom is 0.264 e. The molecule has 2 aromatic carbocycles. The molecule has 2 aromatic rings. The Morgan fingerprint density at radius 3 is 2.37 bits per heavy atom. The average Bonchev–Trinajstić information content (AvgIpc) is 2.41. The molecule has 0 saturated heterocycles. The van der Waals surface area contributed by atoms with E-state index in [1.54, 1.807) is 24.3 Å². The van der Waals surface area contributed by atoms with Crippen LogP contribution in [0.15, 0.2) is 53.4 Å². The zero-order chi connectivity index (χ0) is 14.0. The molecule has 0 radical (unpaired) electrons. The number of hydrogen-bond acceptors (Lipinski definition) is 2. The minimum Gasteiger partial charge on any atom is -0.268 e. The second-order valence-corrected chi connectivity index (χ2v) is 7.01. The predicted molar refractivity (Wildman–Crippen MR) is 81.1 cm³/mol. The minimum absolute atomic E-state index is 0.178. The van der Waals surface area contributed by atoms with Gasteiger partial charge in [-0.05, 0) is 52.9 Å². The minimum atomic E-state index is -3.67. The van der Waals surface area contributed by atoms with Crippen molar-refractivity contribution in [1.82, 2.24) is 0 Å². The van der Waals surface area contributed by atoms with Gasteiger partial charge in [0.1, 0.15) is 5.82 Å². The number of hydrogen-bond donors (Lipinski definition) is 0. The standard InChI is InChI=1S/C13H11FINO2S/c1-16(13-9-10(14)7-8-12(13)15)19(17,18)11-5-3-2-4-6-11/h2-9H,1H3. The van der Waals surface area contributed by atoms with Gasteiger partial charge in [-0.15, -0.1) is 0 Å². The van der Waals surface area contributed by atoms with E-state index < -0.39 is 15.8 Å². The molecule has 0 aliphatic carbocycles. The maximum absolute atomic E-state index is 13.3. The van der Waals surface area contributed by atoms with Crippen molar-refractivity contribution < 1.29 is 12.8 Å². The van der Waals surface area contributed by atoms with Gasteiger partial charge in [0.2, 0.25) is 0 Å². The Labute approximate surface area is 125 Å². The summed E-state index contributed by atoms with van der Waals surface area (Å²) in [6.07, 6.45) is 0. The molecule has 0 bridgehead atoms. The third kappa shape index (κ3) is 2.89. The van der Waals surface area contributed by atoms with Gasteiger partial charge in [-0.25, -0.2) is 12.8 Å². The first-order valence-electron chi connectivity index (χ1n) is 5.42. The number of halogens is 2.